The summed E-state index contributed by atoms with van der Waals surface area (Å²) in [5, 5.41) is 2.89. The van der Waals surface area contributed by atoms with Crippen LogP contribution in [-0.4, -0.2) is 46.9 Å². The summed E-state index contributed by atoms with van der Waals surface area (Å²) in [6, 6.07) is 12.8. The number of ether oxygens (including phenoxy) is 2. The molecule has 7 nitrogen and oxygen atoms in total. The first-order chi connectivity index (χ1) is 14.6. The lowest BCUT2D eigenvalue weighted by Gasteiger charge is -2.23. The number of hydrogen-bond donors (Lipinski definition) is 1. The lowest BCUT2D eigenvalue weighted by molar-refractivity contribution is -0.121. The van der Waals surface area contributed by atoms with Gasteiger partial charge in [0.2, 0.25) is 15.9 Å². The Kier molecular flexibility index (Phi) is 8.74. The zero-order valence-corrected chi connectivity index (χ0v) is 19.7. The van der Waals surface area contributed by atoms with Crippen molar-refractivity contribution in [3.8, 4) is 11.5 Å². The Balaban J connectivity index is 1.86. The normalized spacial score (nSPS) is 12.2. The summed E-state index contributed by atoms with van der Waals surface area (Å²) < 4.78 is 36.9. The SMILES string of the molecule is COc1ccccc1OC[C@H](C)NC(=O)CCCN(c1cc(C)cc(C)c1)S(C)(=O)=O. The average Bonchev–Trinajstić information content (AvgIpc) is 2.68. The van der Waals surface area contributed by atoms with Crippen molar-refractivity contribution in [1.82, 2.24) is 5.32 Å². The van der Waals surface area contributed by atoms with Crippen LogP contribution >= 0.6 is 0 Å². The molecule has 0 fully saturated rings. The number of carbonyl (C=O) groups excluding carboxylic acids is 1. The molecule has 0 aromatic heterocycles. The van der Waals surface area contributed by atoms with E-state index in [1.54, 1.807) is 13.2 Å². The maximum absolute atomic E-state index is 12.3. The van der Waals surface area contributed by atoms with Crippen molar-refractivity contribution in [2.75, 3.05) is 30.8 Å². The minimum Gasteiger partial charge on any atom is -0.493 e. The third-order valence-corrected chi connectivity index (χ3v) is 5.82. The lowest BCUT2D eigenvalue weighted by Crippen LogP contribution is -2.37. The predicted octanol–water partition coefficient (Wildman–Crippen LogP) is 3.44. The van der Waals surface area contributed by atoms with Crippen LogP contribution in [-0.2, 0) is 14.8 Å². The van der Waals surface area contributed by atoms with Crippen LogP contribution in [0.15, 0.2) is 42.5 Å². The molecule has 2 aromatic rings. The monoisotopic (exact) mass is 448 g/mol. The molecule has 0 aliphatic rings. The fraction of sp³-hybridized carbons (Fsp3) is 0.435. The van der Waals surface area contributed by atoms with Crippen molar-refractivity contribution in [1.29, 1.82) is 0 Å². The molecule has 0 spiro atoms. The van der Waals surface area contributed by atoms with E-state index in [4.69, 9.17) is 9.47 Å². The molecule has 2 aromatic carbocycles. The smallest absolute Gasteiger partial charge is 0.232 e. The second-order valence-electron chi connectivity index (χ2n) is 7.72. The van der Waals surface area contributed by atoms with Crippen LogP contribution < -0.4 is 19.1 Å². The van der Waals surface area contributed by atoms with Gasteiger partial charge < -0.3 is 14.8 Å². The minimum atomic E-state index is -3.45. The second-order valence-corrected chi connectivity index (χ2v) is 9.62. The molecule has 0 heterocycles. The molecule has 1 amide bonds. The zero-order chi connectivity index (χ0) is 23.0. The van der Waals surface area contributed by atoms with Gasteiger partial charge in [0.15, 0.2) is 11.5 Å². The molecule has 1 atom stereocenters. The van der Waals surface area contributed by atoms with Crippen LogP contribution in [0.4, 0.5) is 5.69 Å². The molecular weight excluding hydrogens is 416 g/mol. The van der Waals surface area contributed by atoms with Gasteiger partial charge in [-0.2, -0.15) is 0 Å². The summed E-state index contributed by atoms with van der Waals surface area (Å²) in [5.74, 6) is 1.10. The maximum atomic E-state index is 12.3. The number of aryl methyl sites for hydroxylation is 2. The van der Waals surface area contributed by atoms with Crippen molar-refractivity contribution in [2.24, 2.45) is 0 Å². The molecule has 0 saturated heterocycles. The fourth-order valence-corrected chi connectivity index (χ4v) is 4.25. The Morgan fingerprint density at radius 1 is 1.10 bits per heavy atom. The van der Waals surface area contributed by atoms with E-state index in [1.165, 1.54) is 10.6 Å². The number of rotatable bonds is 11. The van der Waals surface area contributed by atoms with Gasteiger partial charge in [-0.15, -0.1) is 0 Å². The molecule has 0 bridgehead atoms. The number of methoxy groups -OCH3 is 1. The van der Waals surface area contributed by atoms with E-state index in [1.807, 2.05) is 57.2 Å². The van der Waals surface area contributed by atoms with Crippen LogP contribution in [0.2, 0.25) is 0 Å². The fourth-order valence-electron chi connectivity index (χ4n) is 3.31. The zero-order valence-electron chi connectivity index (χ0n) is 18.8. The van der Waals surface area contributed by atoms with E-state index < -0.39 is 10.0 Å². The van der Waals surface area contributed by atoms with E-state index in [9.17, 15) is 13.2 Å². The summed E-state index contributed by atoms with van der Waals surface area (Å²) in [6.45, 7) is 6.24. The molecule has 0 aliphatic carbocycles. The van der Waals surface area contributed by atoms with Gasteiger partial charge in [-0.1, -0.05) is 18.2 Å². The van der Waals surface area contributed by atoms with Crippen molar-refractivity contribution in [3.05, 3.63) is 53.6 Å². The van der Waals surface area contributed by atoms with Gasteiger partial charge in [-0.25, -0.2) is 8.42 Å². The van der Waals surface area contributed by atoms with Gasteiger partial charge in [0.1, 0.15) is 6.61 Å². The maximum Gasteiger partial charge on any atom is 0.232 e. The van der Waals surface area contributed by atoms with E-state index in [0.29, 0.717) is 30.2 Å². The first-order valence-corrected chi connectivity index (χ1v) is 12.1. The average molecular weight is 449 g/mol. The lowest BCUT2D eigenvalue weighted by atomic mass is 10.1. The number of sulfonamides is 1. The number of nitrogens with one attached hydrogen (secondary N) is 1. The van der Waals surface area contributed by atoms with E-state index in [-0.39, 0.29) is 24.9 Å². The molecule has 0 aliphatic heterocycles. The first kappa shape index (κ1) is 24.5. The molecule has 0 radical (unpaired) electrons. The molecule has 170 valence electrons. The molecule has 8 heteroatoms. The van der Waals surface area contributed by atoms with Gasteiger partial charge >= 0.3 is 0 Å². The number of carbonyl (C=O) groups is 1. The van der Waals surface area contributed by atoms with Gasteiger partial charge in [-0.3, -0.25) is 9.10 Å². The summed E-state index contributed by atoms with van der Waals surface area (Å²) in [7, 11) is -1.87. The molecule has 1 N–H and O–H groups in total. The Bertz CT molecular complexity index is 971. The Hall–Kier alpha value is -2.74. The van der Waals surface area contributed by atoms with Crippen molar-refractivity contribution in [2.45, 2.75) is 39.7 Å². The highest BCUT2D eigenvalue weighted by molar-refractivity contribution is 7.92. The minimum absolute atomic E-state index is 0.148. The Morgan fingerprint density at radius 3 is 2.29 bits per heavy atom. The van der Waals surface area contributed by atoms with Gasteiger partial charge in [0.25, 0.3) is 0 Å². The molecule has 2 rings (SSSR count). The highest BCUT2D eigenvalue weighted by Gasteiger charge is 2.18. The Morgan fingerprint density at radius 2 is 1.71 bits per heavy atom. The summed E-state index contributed by atoms with van der Waals surface area (Å²) >= 11 is 0. The highest BCUT2D eigenvalue weighted by Crippen LogP contribution is 2.26. The van der Waals surface area contributed by atoms with E-state index in [0.717, 1.165) is 11.1 Å². The topological polar surface area (TPSA) is 84.9 Å². The number of nitrogens with zero attached hydrogens (tertiary/aromatic N) is 1. The highest BCUT2D eigenvalue weighted by atomic mass is 32.2. The van der Waals surface area contributed by atoms with Crippen molar-refractivity contribution < 1.29 is 22.7 Å². The molecule has 0 saturated carbocycles. The Labute approximate surface area is 185 Å². The summed E-state index contributed by atoms with van der Waals surface area (Å²) in [5.41, 5.74) is 2.61. The number of amides is 1. The summed E-state index contributed by atoms with van der Waals surface area (Å²) in [4.78, 5) is 12.3. The molecule has 31 heavy (non-hydrogen) atoms. The molecular formula is C23H32N2O5S. The largest absolute Gasteiger partial charge is 0.493 e. The third-order valence-electron chi connectivity index (χ3n) is 4.63. The van der Waals surface area contributed by atoms with Crippen LogP contribution in [0, 0.1) is 13.8 Å². The number of benzene rings is 2. The molecule has 0 unspecified atom stereocenters. The van der Waals surface area contributed by atoms with Crippen LogP contribution in [0.1, 0.15) is 30.9 Å². The van der Waals surface area contributed by atoms with Crippen LogP contribution in [0.3, 0.4) is 0 Å². The standard InChI is InChI=1S/C23H32N2O5S/c1-17-13-18(2)15-20(14-17)25(31(5,27)28)12-8-11-23(26)24-19(3)16-30-22-10-7-6-9-21(22)29-4/h6-7,9-10,13-15,19H,8,11-12,16H2,1-5H3,(H,24,26)/t19-/m0/s1. The van der Waals surface area contributed by atoms with Crippen molar-refractivity contribution >= 4 is 21.6 Å². The quantitative estimate of drug-likeness (QED) is 0.569. The van der Waals surface area contributed by atoms with Crippen LogP contribution in [0.25, 0.3) is 0 Å². The number of anilines is 1. The van der Waals surface area contributed by atoms with Gasteiger partial charge in [0, 0.05) is 13.0 Å². The van der Waals surface area contributed by atoms with Crippen molar-refractivity contribution in [3.63, 3.8) is 0 Å². The third kappa shape index (κ3) is 7.79. The van der Waals surface area contributed by atoms with E-state index in [2.05, 4.69) is 5.32 Å². The predicted molar refractivity (Wildman–Crippen MR) is 123 cm³/mol. The summed E-state index contributed by atoms with van der Waals surface area (Å²) in [6.07, 6.45) is 1.81. The number of para-hydroxylation sites is 2. The van der Waals surface area contributed by atoms with Gasteiger partial charge in [-0.05, 0) is 62.6 Å². The van der Waals surface area contributed by atoms with E-state index >= 15 is 0 Å². The van der Waals surface area contributed by atoms with Crippen LogP contribution in [0.5, 0.6) is 11.5 Å². The number of hydrogen-bond acceptors (Lipinski definition) is 5. The van der Waals surface area contributed by atoms with Gasteiger partial charge in [0.05, 0.1) is 25.1 Å². The first-order valence-electron chi connectivity index (χ1n) is 10.2. The second kappa shape index (κ2) is 11.0.